The Morgan fingerprint density at radius 3 is 1.92 bits per heavy atom. The molecular weight excluding hydrogens is 666 g/mol. The van der Waals surface area contributed by atoms with Gasteiger partial charge in [-0.25, -0.2) is 9.78 Å². The van der Waals surface area contributed by atoms with Crippen molar-refractivity contribution in [2.24, 2.45) is 0 Å². The number of rotatable bonds is 21. The number of ether oxygens (including phenoxy) is 5. The highest BCUT2D eigenvalue weighted by molar-refractivity contribution is 6.08. The number of esters is 2. The van der Waals surface area contributed by atoms with Crippen LogP contribution in [0.25, 0.3) is 21.7 Å². The highest BCUT2D eigenvalue weighted by Crippen LogP contribution is 2.37. The molecule has 53 heavy (non-hydrogen) atoms. The van der Waals surface area contributed by atoms with Gasteiger partial charge in [0.05, 0.1) is 19.2 Å². The second kappa shape index (κ2) is 20.0. The van der Waals surface area contributed by atoms with Crippen LogP contribution in [0.1, 0.15) is 90.0 Å². The maximum Gasteiger partial charge on any atom is 0.338 e. The first-order chi connectivity index (χ1) is 25.8. The van der Waals surface area contributed by atoms with E-state index in [0.29, 0.717) is 51.8 Å². The lowest BCUT2D eigenvalue weighted by Crippen LogP contribution is -2.09. The van der Waals surface area contributed by atoms with Crippen LogP contribution in [0.15, 0.2) is 97.1 Å². The molecule has 0 saturated heterocycles. The first kappa shape index (κ1) is 38.9. The molecule has 0 N–H and O–H groups in total. The van der Waals surface area contributed by atoms with E-state index in [-0.39, 0.29) is 12.4 Å². The molecule has 1 heterocycles. The molecule has 1 aromatic heterocycles. The average Bonchev–Trinajstić information content (AvgIpc) is 3.17. The van der Waals surface area contributed by atoms with Crippen LogP contribution in [0.4, 0.5) is 0 Å². The molecule has 0 unspecified atom stereocenters. The summed E-state index contributed by atoms with van der Waals surface area (Å²) in [6, 6.07) is 25.7. The van der Waals surface area contributed by atoms with Crippen molar-refractivity contribution >= 4 is 33.6 Å². The van der Waals surface area contributed by atoms with Crippen LogP contribution < -0.4 is 23.7 Å². The summed E-state index contributed by atoms with van der Waals surface area (Å²) in [6.45, 7) is 8.18. The minimum Gasteiger partial charge on any atom is -0.497 e. The van der Waals surface area contributed by atoms with Crippen molar-refractivity contribution in [3.8, 4) is 34.6 Å². The minimum atomic E-state index is -0.505. The molecule has 5 rings (SSSR count). The van der Waals surface area contributed by atoms with Crippen molar-refractivity contribution in [2.45, 2.75) is 90.9 Å². The zero-order chi connectivity index (χ0) is 37.4. The van der Waals surface area contributed by atoms with Gasteiger partial charge >= 0.3 is 11.9 Å². The Labute approximate surface area is 313 Å². The van der Waals surface area contributed by atoms with Gasteiger partial charge in [0.25, 0.3) is 0 Å². The summed E-state index contributed by atoms with van der Waals surface area (Å²) in [7, 11) is 1.60. The highest BCUT2D eigenvalue weighted by atomic mass is 16.5. The second-order valence-electron chi connectivity index (χ2n) is 13.4. The van der Waals surface area contributed by atoms with Crippen molar-refractivity contribution in [3.05, 3.63) is 103 Å². The quantitative estimate of drug-likeness (QED) is 0.0243. The lowest BCUT2D eigenvalue weighted by atomic mass is 10.1. The fourth-order valence-electron chi connectivity index (χ4n) is 6.05. The molecule has 278 valence electrons. The molecule has 0 aliphatic rings. The van der Waals surface area contributed by atoms with Crippen LogP contribution in [-0.2, 0) is 16.0 Å². The van der Waals surface area contributed by atoms with Gasteiger partial charge in [0.2, 0.25) is 5.88 Å². The molecule has 0 fully saturated rings. The number of nitrogens with zero attached hydrogens (tertiary/aromatic N) is 1. The van der Waals surface area contributed by atoms with Crippen molar-refractivity contribution in [3.63, 3.8) is 0 Å². The molecule has 0 amide bonds. The molecule has 4 aromatic carbocycles. The third-order valence-corrected chi connectivity index (χ3v) is 9.08. The third-order valence-electron chi connectivity index (χ3n) is 9.08. The SMILES string of the molecule is C=C(C)C(=O)Oc1ccc(Oc2nc3cc(OC)ccc3c3ccc(OC(=O)CCc4ccc(OCCCCCCCCCCCC)cc4)cc23)cc1. The zero-order valence-electron chi connectivity index (χ0n) is 31.3. The summed E-state index contributed by atoms with van der Waals surface area (Å²) in [5.41, 5.74) is 2.02. The van der Waals surface area contributed by atoms with Gasteiger partial charge in [-0.1, -0.05) is 83.4 Å². The van der Waals surface area contributed by atoms with E-state index in [1.807, 2.05) is 48.5 Å². The van der Waals surface area contributed by atoms with Crippen LogP contribution in [0, 0.1) is 0 Å². The molecule has 8 heteroatoms. The number of benzene rings is 4. The predicted octanol–water partition coefficient (Wildman–Crippen LogP) is 11.5. The van der Waals surface area contributed by atoms with Gasteiger partial charge in [-0.15, -0.1) is 0 Å². The topological polar surface area (TPSA) is 93.2 Å². The number of unbranched alkanes of at least 4 members (excludes halogenated alkanes) is 9. The molecule has 5 aromatic rings. The minimum absolute atomic E-state index is 0.221. The summed E-state index contributed by atoms with van der Waals surface area (Å²) in [6.07, 6.45) is 13.8. The number of carbonyl (C=O) groups excluding carboxylic acids is 2. The van der Waals surface area contributed by atoms with Crippen LogP contribution in [0.5, 0.6) is 34.6 Å². The van der Waals surface area contributed by atoms with E-state index in [1.165, 1.54) is 57.8 Å². The number of methoxy groups -OCH3 is 1. The van der Waals surface area contributed by atoms with Crippen molar-refractivity contribution in [2.75, 3.05) is 13.7 Å². The van der Waals surface area contributed by atoms with Crippen LogP contribution in [-0.4, -0.2) is 30.6 Å². The van der Waals surface area contributed by atoms with Crippen molar-refractivity contribution < 1.29 is 33.3 Å². The number of hydrogen-bond donors (Lipinski definition) is 0. The normalized spacial score (nSPS) is 11.0. The van der Waals surface area contributed by atoms with E-state index in [9.17, 15) is 9.59 Å². The van der Waals surface area contributed by atoms with Crippen molar-refractivity contribution in [1.29, 1.82) is 0 Å². The van der Waals surface area contributed by atoms with Gasteiger partial charge in [0, 0.05) is 28.8 Å². The number of aromatic nitrogens is 1. The van der Waals surface area contributed by atoms with Gasteiger partial charge in [-0.05, 0) is 97.4 Å². The zero-order valence-corrected chi connectivity index (χ0v) is 31.3. The predicted molar refractivity (Wildman–Crippen MR) is 211 cm³/mol. The Balaban J connectivity index is 1.16. The van der Waals surface area contributed by atoms with Crippen LogP contribution in [0.3, 0.4) is 0 Å². The molecule has 0 saturated carbocycles. The monoisotopic (exact) mass is 717 g/mol. The Bertz CT molecular complexity index is 1970. The maximum atomic E-state index is 13.0. The van der Waals surface area contributed by atoms with E-state index in [1.54, 1.807) is 50.4 Å². The van der Waals surface area contributed by atoms with E-state index in [0.717, 1.165) is 35.1 Å². The van der Waals surface area contributed by atoms with Gasteiger partial charge < -0.3 is 23.7 Å². The molecule has 0 spiro atoms. The van der Waals surface area contributed by atoms with Gasteiger partial charge in [-0.3, -0.25) is 4.79 Å². The van der Waals surface area contributed by atoms with E-state index in [4.69, 9.17) is 28.7 Å². The molecule has 0 atom stereocenters. The summed E-state index contributed by atoms with van der Waals surface area (Å²) < 4.78 is 28.7. The fourth-order valence-corrected chi connectivity index (χ4v) is 6.05. The largest absolute Gasteiger partial charge is 0.497 e. The number of fused-ring (bicyclic) bond motifs is 3. The lowest BCUT2D eigenvalue weighted by Gasteiger charge is -2.13. The van der Waals surface area contributed by atoms with Gasteiger partial charge in [-0.2, -0.15) is 0 Å². The maximum absolute atomic E-state index is 13.0. The molecule has 8 nitrogen and oxygen atoms in total. The average molecular weight is 718 g/mol. The Hall–Kier alpha value is -5.37. The van der Waals surface area contributed by atoms with E-state index < -0.39 is 5.97 Å². The second-order valence-corrected chi connectivity index (χ2v) is 13.4. The van der Waals surface area contributed by atoms with Gasteiger partial charge in [0.15, 0.2) is 0 Å². The molecular formula is C45H51NO7. The Morgan fingerprint density at radius 2 is 1.25 bits per heavy atom. The summed E-state index contributed by atoms with van der Waals surface area (Å²) in [5, 5.41) is 2.43. The Morgan fingerprint density at radius 1 is 0.642 bits per heavy atom. The first-order valence-electron chi connectivity index (χ1n) is 18.8. The molecule has 0 aliphatic heterocycles. The fraction of sp³-hybridized carbons (Fsp3) is 0.356. The van der Waals surface area contributed by atoms with E-state index >= 15 is 0 Å². The summed E-state index contributed by atoms with van der Waals surface area (Å²) in [4.78, 5) is 29.7. The first-order valence-corrected chi connectivity index (χ1v) is 18.8. The van der Waals surface area contributed by atoms with Crippen LogP contribution >= 0.6 is 0 Å². The number of hydrogen-bond acceptors (Lipinski definition) is 8. The Kier molecular flexibility index (Phi) is 14.7. The van der Waals surface area contributed by atoms with Gasteiger partial charge in [0.1, 0.15) is 28.7 Å². The number of pyridine rings is 1. The molecule has 0 radical (unpaired) electrons. The number of carbonyl (C=O) groups is 2. The molecule has 0 bridgehead atoms. The summed E-state index contributed by atoms with van der Waals surface area (Å²) in [5.74, 6) is 2.22. The lowest BCUT2D eigenvalue weighted by molar-refractivity contribution is -0.134. The number of aryl methyl sites for hydroxylation is 1. The molecule has 0 aliphatic carbocycles. The van der Waals surface area contributed by atoms with E-state index in [2.05, 4.69) is 13.5 Å². The summed E-state index contributed by atoms with van der Waals surface area (Å²) >= 11 is 0. The smallest absolute Gasteiger partial charge is 0.338 e. The van der Waals surface area contributed by atoms with Crippen molar-refractivity contribution in [1.82, 2.24) is 4.98 Å². The standard InChI is InChI=1S/C45H51NO7/c1-5-6-7-8-9-10-11-12-13-14-29-50-34-18-15-33(16-19-34)17-28-43(47)51-38-25-26-39-40-27-24-37(49-4)31-42(40)46-44(41(39)30-38)52-35-20-22-36(23-21-35)53-45(48)32(2)3/h15-16,18-27,30-31H,2,5-14,17,28-29H2,1,3-4H3. The highest BCUT2D eigenvalue weighted by Gasteiger charge is 2.15. The van der Waals surface area contributed by atoms with Crippen LogP contribution in [0.2, 0.25) is 0 Å². The third kappa shape index (κ3) is 11.8.